The van der Waals surface area contributed by atoms with Crippen molar-refractivity contribution in [3.05, 3.63) is 71.8 Å². The molecule has 136 valence electrons. The Balaban J connectivity index is 1.73. The average Bonchev–Trinajstić information content (AvgIpc) is 2.69. The number of nitrogens with one attached hydrogen (secondary N) is 2. The fourth-order valence-electron chi connectivity index (χ4n) is 3.30. The predicted molar refractivity (Wildman–Crippen MR) is 101 cm³/mol. The molecule has 3 rings (SSSR count). The van der Waals surface area contributed by atoms with E-state index in [2.05, 4.69) is 10.6 Å². The Morgan fingerprint density at radius 3 is 2.08 bits per heavy atom. The van der Waals surface area contributed by atoms with Gasteiger partial charge in [-0.05, 0) is 43.4 Å². The molecule has 1 fully saturated rings. The van der Waals surface area contributed by atoms with Gasteiger partial charge in [0.05, 0.1) is 0 Å². The topological polar surface area (TPSA) is 84.2 Å². The largest absolute Gasteiger partial charge is 0.351 e. The molecule has 0 bridgehead atoms. The third-order valence-electron chi connectivity index (χ3n) is 4.82. The van der Waals surface area contributed by atoms with Crippen molar-refractivity contribution >= 4 is 11.8 Å². The Morgan fingerprint density at radius 2 is 1.46 bits per heavy atom. The number of nitrogens with two attached hydrogens (primary N) is 1. The lowest BCUT2D eigenvalue weighted by molar-refractivity contribution is -0.124. The summed E-state index contributed by atoms with van der Waals surface area (Å²) in [6, 6.07) is 17.9. The maximum Gasteiger partial charge on any atom is 0.252 e. The molecule has 1 aliphatic carbocycles. The smallest absolute Gasteiger partial charge is 0.252 e. The van der Waals surface area contributed by atoms with Gasteiger partial charge in [0.1, 0.15) is 6.04 Å². The molecule has 2 aromatic carbocycles. The van der Waals surface area contributed by atoms with Crippen molar-refractivity contribution in [2.24, 2.45) is 5.73 Å². The zero-order valence-electron chi connectivity index (χ0n) is 14.7. The van der Waals surface area contributed by atoms with Crippen molar-refractivity contribution < 1.29 is 9.59 Å². The summed E-state index contributed by atoms with van der Waals surface area (Å²) in [5.41, 5.74) is 7.24. The minimum absolute atomic E-state index is 0.113. The van der Waals surface area contributed by atoms with Crippen molar-refractivity contribution in [1.82, 2.24) is 10.6 Å². The second-order valence-corrected chi connectivity index (χ2v) is 6.80. The summed E-state index contributed by atoms with van der Waals surface area (Å²) in [6.45, 7) is 0. The summed E-state index contributed by atoms with van der Waals surface area (Å²) in [6.07, 6.45) is 3.58. The Bertz CT molecular complexity index is 725. The third-order valence-corrected chi connectivity index (χ3v) is 4.82. The maximum atomic E-state index is 12.9. The van der Waals surface area contributed by atoms with Crippen LogP contribution in [0.15, 0.2) is 60.7 Å². The van der Waals surface area contributed by atoms with Crippen LogP contribution in [0.4, 0.5) is 0 Å². The fourth-order valence-corrected chi connectivity index (χ4v) is 3.30. The lowest BCUT2D eigenvalue weighted by Gasteiger charge is -2.29. The van der Waals surface area contributed by atoms with E-state index in [-0.39, 0.29) is 23.9 Å². The third kappa shape index (κ3) is 4.70. The molecule has 0 spiro atoms. The van der Waals surface area contributed by atoms with Crippen LogP contribution in [-0.2, 0) is 4.79 Å². The van der Waals surface area contributed by atoms with Gasteiger partial charge < -0.3 is 16.4 Å². The van der Waals surface area contributed by atoms with E-state index in [1.54, 1.807) is 24.3 Å². The molecule has 2 amide bonds. The van der Waals surface area contributed by atoms with Crippen LogP contribution in [0.5, 0.6) is 0 Å². The van der Waals surface area contributed by atoms with Gasteiger partial charge in [0.15, 0.2) is 0 Å². The first-order valence-corrected chi connectivity index (χ1v) is 9.10. The lowest BCUT2D eigenvalue weighted by atomic mass is 9.91. The zero-order chi connectivity index (χ0) is 18.4. The van der Waals surface area contributed by atoms with Gasteiger partial charge in [-0.1, -0.05) is 48.5 Å². The Labute approximate surface area is 154 Å². The molecule has 2 aromatic rings. The second kappa shape index (κ2) is 8.63. The molecule has 1 aliphatic rings. The van der Waals surface area contributed by atoms with E-state index in [4.69, 9.17) is 5.73 Å². The van der Waals surface area contributed by atoms with Crippen LogP contribution in [0.3, 0.4) is 0 Å². The minimum Gasteiger partial charge on any atom is -0.351 e. The Morgan fingerprint density at radius 1 is 0.885 bits per heavy atom. The number of carbonyl (C=O) groups excluding carboxylic acids is 2. The molecule has 4 N–H and O–H groups in total. The standard InChI is InChI=1S/C21H25N3O2/c22-17-11-13-18(14-12-17)23-21(26)19(15-7-3-1-4-8-15)24-20(25)16-9-5-2-6-10-16/h1-10,17-19H,11-14,22H2,(H,23,26)(H,24,25). The van der Waals surface area contributed by atoms with Crippen LogP contribution in [0.25, 0.3) is 0 Å². The molecular formula is C21H25N3O2. The van der Waals surface area contributed by atoms with E-state index < -0.39 is 6.04 Å². The van der Waals surface area contributed by atoms with Gasteiger partial charge in [-0.3, -0.25) is 9.59 Å². The van der Waals surface area contributed by atoms with Gasteiger partial charge in [-0.15, -0.1) is 0 Å². The van der Waals surface area contributed by atoms with Crippen LogP contribution in [0.2, 0.25) is 0 Å². The van der Waals surface area contributed by atoms with Crippen molar-refractivity contribution in [2.75, 3.05) is 0 Å². The van der Waals surface area contributed by atoms with Crippen molar-refractivity contribution in [3.8, 4) is 0 Å². The average molecular weight is 351 g/mol. The molecule has 5 nitrogen and oxygen atoms in total. The first kappa shape index (κ1) is 18.1. The molecule has 0 saturated heterocycles. The highest BCUT2D eigenvalue weighted by Crippen LogP contribution is 2.19. The van der Waals surface area contributed by atoms with Crippen molar-refractivity contribution in [1.29, 1.82) is 0 Å². The highest BCUT2D eigenvalue weighted by molar-refractivity contribution is 5.97. The summed E-state index contributed by atoms with van der Waals surface area (Å²) < 4.78 is 0. The zero-order valence-corrected chi connectivity index (χ0v) is 14.7. The summed E-state index contributed by atoms with van der Waals surface area (Å²) in [5.74, 6) is -0.443. The van der Waals surface area contributed by atoms with E-state index in [0.29, 0.717) is 5.56 Å². The normalized spacial score (nSPS) is 20.8. The number of hydrogen-bond acceptors (Lipinski definition) is 3. The van der Waals surface area contributed by atoms with Gasteiger partial charge in [0, 0.05) is 17.6 Å². The molecule has 5 heteroatoms. The predicted octanol–water partition coefficient (Wildman–Crippen LogP) is 2.54. The van der Waals surface area contributed by atoms with E-state index >= 15 is 0 Å². The van der Waals surface area contributed by atoms with E-state index in [9.17, 15) is 9.59 Å². The van der Waals surface area contributed by atoms with Gasteiger partial charge in [-0.2, -0.15) is 0 Å². The van der Waals surface area contributed by atoms with E-state index in [1.165, 1.54) is 0 Å². The summed E-state index contributed by atoms with van der Waals surface area (Å²) in [5, 5.41) is 5.96. The van der Waals surface area contributed by atoms with E-state index in [0.717, 1.165) is 31.2 Å². The van der Waals surface area contributed by atoms with Gasteiger partial charge in [0.25, 0.3) is 5.91 Å². The number of carbonyl (C=O) groups is 2. The first-order chi connectivity index (χ1) is 12.6. The van der Waals surface area contributed by atoms with Gasteiger partial charge in [0.2, 0.25) is 5.91 Å². The van der Waals surface area contributed by atoms with Crippen molar-refractivity contribution in [2.45, 2.75) is 43.8 Å². The highest BCUT2D eigenvalue weighted by atomic mass is 16.2. The Hall–Kier alpha value is -2.66. The van der Waals surface area contributed by atoms with E-state index in [1.807, 2.05) is 36.4 Å². The summed E-state index contributed by atoms with van der Waals surface area (Å²) in [7, 11) is 0. The molecule has 0 aromatic heterocycles. The summed E-state index contributed by atoms with van der Waals surface area (Å²) >= 11 is 0. The fraction of sp³-hybridized carbons (Fsp3) is 0.333. The molecular weight excluding hydrogens is 326 g/mol. The van der Waals surface area contributed by atoms with Crippen LogP contribution in [0.1, 0.15) is 47.6 Å². The monoisotopic (exact) mass is 351 g/mol. The quantitative estimate of drug-likeness (QED) is 0.774. The molecule has 1 atom stereocenters. The van der Waals surface area contributed by atoms with Gasteiger partial charge in [-0.25, -0.2) is 0 Å². The van der Waals surface area contributed by atoms with Crippen LogP contribution in [-0.4, -0.2) is 23.9 Å². The lowest BCUT2D eigenvalue weighted by Crippen LogP contribution is -2.46. The number of hydrogen-bond donors (Lipinski definition) is 3. The van der Waals surface area contributed by atoms with Crippen LogP contribution in [0, 0.1) is 0 Å². The second-order valence-electron chi connectivity index (χ2n) is 6.80. The molecule has 1 unspecified atom stereocenters. The molecule has 0 heterocycles. The first-order valence-electron chi connectivity index (χ1n) is 9.10. The number of rotatable bonds is 5. The molecule has 1 saturated carbocycles. The van der Waals surface area contributed by atoms with Gasteiger partial charge >= 0.3 is 0 Å². The molecule has 0 radical (unpaired) electrons. The number of benzene rings is 2. The maximum absolute atomic E-state index is 12.9. The number of amides is 2. The minimum atomic E-state index is -0.723. The SMILES string of the molecule is NC1CCC(NC(=O)C(NC(=O)c2ccccc2)c2ccccc2)CC1. The molecule has 0 aliphatic heterocycles. The highest BCUT2D eigenvalue weighted by Gasteiger charge is 2.27. The Kier molecular flexibility index (Phi) is 6.02. The summed E-state index contributed by atoms with van der Waals surface area (Å²) in [4.78, 5) is 25.5. The van der Waals surface area contributed by atoms with Crippen molar-refractivity contribution in [3.63, 3.8) is 0 Å². The van der Waals surface area contributed by atoms with Crippen LogP contribution >= 0.6 is 0 Å². The van der Waals surface area contributed by atoms with Crippen LogP contribution < -0.4 is 16.4 Å². The molecule has 26 heavy (non-hydrogen) atoms.